The van der Waals surface area contributed by atoms with E-state index in [0.29, 0.717) is 11.5 Å². The van der Waals surface area contributed by atoms with Crippen LogP contribution < -0.4 is 10.1 Å². The molecule has 1 amide bonds. The number of carbonyl (C=O) groups is 1. The quantitative estimate of drug-likeness (QED) is 0.779. The molecule has 21 heavy (non-hydrogen) atoms. The third kappa shape index (κ3) is 3.05. The highest BCUT2D eigenvalue weighted by Crippen LogP contribution is 2.23. The minimum atomic E-state index is -0.505. The third-order valence-electron chi connectivity index (χ3n) is 3.16. The van der Waals surface area contributed by atoms with E-state index in [1.54, 1.807) is 12.1 Å². The summed E-state index contributed by atoms with van der Waals surface area (Å²) in [5, 5.41) is 3.76. The Morgan fingerprint density at radius 1 is 1.10 bits per heavy atom. The second-order valence-corrected chi connectivity index (χ2v) is 4.76. The van der Waals surface area contributed by atoms with Crippen LogP contribution in [-0.4, -0.2) is 6.09 Å². The molecule has 4 heteroatoms. The molecule has 0 saturated heterocycles. The summed E-state index contributed by atoms with van der Waals surface area (Å²) in [5.74, 6) is 1.20. The second kappa shape index (κ2) is 5.71. The Balaban J connectivity index is 1.68. The molecule has 1 unspecified atom stereocenters. The van der Waals surface area contributed by atoms with E-state index >= 15 is 0 Å². The molecule has 1 aromatic heterocycles. The number of carbonyl (C=O) groups excluding carboxylic acids is 1. The molecule has 0 aliphatic carbocycles. The van der Waals surface area contributed by atoms with E-state index in [-0.39, 0.29) is 6.04 Å². The number of nitrogens with one attached hydrogen (secondary N) is 1. The lowest BCUT2D eigenvalue weighted by Gasteiger charge is -2.11. The summed E-state index contributed by atoms with van der Waals surface area (Å²) in [5.41, 5.74) is 0.803. The van der Waals surface area contributed by atoms with Crippen molar-refractivity contribution in [2.24, 2.45) is 0 Å². The van der Waals surface area contributed by atoms with E-state index in [4.69, 9.17) is 9.15 Å². The maximum atomic E-state index is 11.8. The van der Waals surface area contributed by atoms with Crippen LogP contribution in [0.5, 0.6) is 5.75 Å². The van der Waals surface area contributed by atoms with Crippen molar-refractivity contribution in [1.29, 1.82) is 0 Å². The predicted molar refractivity (Wildman–Crippen MR) is 80.2 cm³/mol. The first-order valence-electron chi connectivity index (χ1n) is 6.74. The standard InChI is InChI=1S/C17H15NO3/c1-12(16-11-13-7-5-6-10-15(13)21-16)18-17(19)20-14-8-3-2-4-9-14/h2-12H,1H3,(H,18,19). The molecular weight excluding hydrogens is 266 g/mol. The van der Waals surface area contributed by atoms with Crippen molar-refractivity contribution in [1.82, 2.24) is 5.32 Å². The van der Waals surface area contributed by atoms with Crippen LogP contribution in [-0.2, 0) is 0 Å². The number of para-hydroxylation sites is 2. The van der Waals surface area contributed by atoms with Gasteiger partial charge in [0.1, 0.15) is 17.1 Å². The Hall–Kier alpha value is -2.75. The summed E-state index contributed by atoms with van der Waals surface area (Å²) < 4.78 is 10.9. The van der Waals surface area contributed by atoms with Gasteiger partial charge in [-0.2, -0.15) is 0 Å². The Morgan fingerprint density at radius 3 is 2.57 bits per heavy atom. The molecule has 0 aliphatic heterocycles. The molecule has 0 radical (unpaired) electrons. The number of hydrogen-bond donors (Lipinski definition) is 1. The summed E-state index contributed by atoms with van der Waals surface area (Å²) >= 11 is 0. The van der Waals surface area contributed by atoms with Crippen molar-refractivity contribution < 1.29 is 13.9 Å². The Morgan fingerprint density at radius 2 is 1.81 bits per heavy atom. The van der Waals surface area contributed by atoms with E-state index in [2.05, 4.69) is 5.32 Å². The normalized spacial score (nSPS) is 12.0. The summed E-state index contributed by atoms with van der Waals surface area (Å²) in [6, 6.07) is 18.3. The molecule has 106 valence electrons. The van der Waals surface area contributed by atoms with Crippen LogP contribution in [0.25, 0.3) is 11.0 Å². The largest absolute Gasteiger partial charge is 0.459 e. The van der Waals surface area contributed by atoms with Gasteiger partial charge in [0.25, 0.3) is 0 Å². The number of furan rings is 1. The molecule has 0 aliphatic rings. The van der Waals surface area contributed by atoms with Gasteiger partial charge in [0.2, 0.25) is 0 Å². The first kappa shape index (κ1) is 13.2. The number of benzene rings is 2. The number of hydrogen-bond acceptors (Lipinski definition) is 3. The van der Waals surface area contributed by atoms with Gasteiger partial charge < -0.3 is 14.5 Å². The van der Waals surface area contributed by atoms with Gasteiger partial charge in [0.05, 0.1) is 6.04 Å². The van der Waals surface area contributed by atoms with Gasteiger partial charge in [-0.3, -0.25) is 0 Å². The molecule has 1 N–H and O–H groups in total. The van der Waals surface area contributed by atoms with Gasteiger partial charge in [-0.25, -0.2) is 4.79 Å². The molecule has 3 rings (SSSR count). The minimum Gasteiger partial charge on any atom is -0.459 e. The first-order chi connectivity index (χ1) is 10.2. The van der Waals surface area contributed by atoms with Gasteiger partial charge in [0, 0.05) is 5.39 Å². The highest BCUT2D eigenvalue weighted by molar-refractivity contribution is 5.78. The number of amides is 1. The Kier molecular flexibility index (Phi) is 3.60. The van der Waals surface area contributed by atoms with Gasteiger partial charge in [0.15, 0.2) is 0 Å². The van der Waals surface area contributed by atoms with E-state index in [1.807, 2.05) is 55.5 Å². The summed E-state index contributed by atoms with van der Waals surface area (Å²) in [7, 11) is 0. The number of fused-ring (bicyclic) bond motifs is 1. The lowest BCUT2D eigenvalue weighted by atomic mass is 10.2. The van der Waals surface area contributed by atoms with Gasteiger partial charge in [-0.1, -0.05) is 36.4 Å². The molecule has 0 fully saturated rings. The van der Waals surface area contributed by atoms with Crippen molar-refractivity contribution in [2.45, 2.75) is 13.0 Å². The summed E-state index contributed by atoms with van der Waals surface area (Å²) in [6.45, 7) is 1.85. The zero-order chi connectivity index (χ0) is 14.7. The van der Waals surface area contributed by atoms with Crippen LogP contribution in [0.3, 0.4) is 0 Å². The van der Waals surface area contributed by atoms with Crippen molar-refractivity contribution >= 4 is 17.1 Å². The zero-order valence-corrected chi connectivity index (χ0v) is 11.6. The number of ether oxygens (including phenoxy) is 1. The minimum absolute atomic E-state index is 0.270. The molecule has 0 spiro atoms. The van der Waals surface area contributed by atoms with E-state index in [9.17, 15) is 4.79 Å². The van der Waals surface area contributed by atoms with Gasteiger partial charge in [-0.05, 0) is 31.2 Å². The highest BCUT2D eigenvalue weighted by Gasteiger charge is 2.15. The van der Waals surface area contributed by atoms with Gasteiger partial charge in [-0.15, -0.1) is 0 Å². The smallest absolute Gasteiger partial charge is 0.413 e. The highest BCUT2D eigenvalue weighted by atomic mass is 16.6. The van der Waals surface area contributed by atoms with Crippen LogP contribution in [0.4, 0.5) is 4.79 Å². The molecular formula is C17H15NO3. The second-order valence-electron chi connectivity index (χ2n) is 4.76. The van der Waals surface area contributed by atoms with E-state index in [0.717, 1.165) is 11.0 Å². The molecule has 0 bridgehead atoms. The molecule has 1 heterocycles. The fourth-order valence-electron chi connectivity index (χ4n) is 2.09. The van der Waals surface area contributed by atoms with Crippen LogP contribution in [0.15, 0.2) is 65.1 Å². The van der Waals surface area contributed by atoms with Crippen molar-refractivity contribution in [2.75, 3.05) is 0 Å². The average molecular weight is 281 g/mol. The van der Waals surface area contributed by atoms with E-state index in [1.165, 1.54) is 0 Å². The molecule has 2 aromatic carbocycles. The molecule has 4 nitrogen and oxygen atoms in total. The topological polar surface area (TPSA) is 51.5 Å². The average Bonchev–Trinajstić information content (AvgIpc) is 2.92. The predicted octanol–water partition coefficient (Wildman–Crippen LogP) is 4.28. The molecule has 0 saturated carbocycles. The lowest BCUT2D eigenvalue weighted by molar-refractivity contribution is 0.195. The third-order valence-corrected chi connectivity index (χ3v) is 3.16. The fraction of sp³-hybridized carbons (Fsp3) is 0.118. The maximum absolute atomic E-state index is 11.8. The van der Waals surface area contributed by atoms with Crippen LogP contribution >= 0.6 is 0 Å². The van der Waals surface area contributed by atoms with Crippen LogP contribution in [0, 0.1) is 0 Å². The van der Waals surface area contributed by atoms with Crippen LogP contribution in [0.2, 0.25) is 0 Å². The first-order valence-corrected chi connectivity index (χ1v) is 6.74. The summed E-state index contributed by atoms with van der Waals surface area (Å²) in [4.78, 5) is 11.8. The lowest BCUT2D eigenvalue weighted by Crippen LogP contribution is -2.29. The monoisotopic (exact) mass is 281 g/mol. The number of rotatable bonds is 3. The van der Waals surface area contributed by atoms with Crippen molar-refractivity contribution in [3.63, 3.8) is 0 Å². The van der Waals surface area contributed by atoms with Gasteiger partial charge >= 0.3 is 6.09 Å². The SMILES string of the molecule is CC(NC(=O)Oc1ccccc1)c1cc2ccccc2o1. The van der Waals surface area contributed by atoms with E-state index < -0.39 is 6.09 Å². The maximum Gasteiger partial charge on any atom is 0.413 e. The molecule has 1 atom stereocenters. The fourth-order valence-corrected chi connectivity index (χ4v) is 2.09. The van der Waals surface area contributed by atoms with Crippen molar-refractivity contribution in [3.05, 3.63) is 66.4 Å². The van der Waals surface area contributed by atoms with Crippen LogP contribution in [0.1, 0.15) is 18.7 Å². The Bertz CT molecular complexity index is 716. The van der Waals surface area contributed by atoms with Crippen molar-refractivity contribution in [3.8, 4) is 5.75 Å². The zero-order valence-electron chi connectivity index (χ0n) is 11.6. The molecule has 3 aromatic rings. The Labute approximate surface area is 122 Å². The summed E-state index contributed by atoms with van der Waals surface area (Å²) in [6.07, 6.45) is -0.505.